The van der Waals surface area contributed by atoms with Crippen molar-refractivity contribution >= 4 is 5.91 Å². The number of nitrogens with one attached hydrogen (secondary N) is 1. The fraction of sp³-hybridized carbons (Fsp3) is 0.300. The van der Waals surface area contributed by atoms with E-state index >= 15 is 0 Å². The van der Waals surface area contributed by atoms with Gasteiger partial charge < -0.3 is 14.5 Å². The Kier molecular flexibility index (Phi) is 6.14. The largest absolute Gasteiger partial charge is 0.349 e. The molecule has 1 aromatic carbocycles. The molecule has 1 N–H and O–H groups in total. The summed E-state index contributed by atoms with van der Waals surface area (Å²) < 4.78 is 3.54. The molecule has 27 heavy (non-hydrogen) atoms. The SMILES string of the molecule is Cc1cccc(=O)n1CCC(=O)NCc1nncn1CCc1ccccc1. The Hall–Kier alpha value is -3.22. The van der Waals surface area contributed by atoms with Gasteiger partial charge in [-0.3, -0.25) is 9.59 Å². The molecule has 0 bridgehead atoms. The third-order valence-electron chi connectivity index (χ3n) is 4.45. The van der Waals surface area contributed by atoms with E-state index in [0.717, 1.165) is 18.7 Å². The number of hydrogen-bond acceptors (Lipinski definition) is 4. The molecular weight excluding hydrogens is 342 g/mol. The molecule has 3 rings (SSSR count). The van der Waals surface area contributed by atoms with Crippen LogP contribution >= 0.6 is 0 Å². The number of aryl methyl sites for hydroxylation is 3. The molecule has 0 radical (unpaired) electrons. The molecule has 0 aliphatic carbocycles. The highest BCUT2D eigenvalue weighted by molar-refractivity contribution is 5.75. The van der Waals surface area contributed by atoms with E-state index in [1.165, 1.54) is 11.6 Å². The number of pyridine rings is 1. The van der Waals surface area contributed by atoms with E-state index in [4.69, 9.17) is 0 Å². The summed E-state index contributed by atoms with van der Waals surface area (Å²) in [6, 6.07) is 15.3. The first-order chi connectivity index (χ1) is 13.1. The van der Waals surface area contributed by atoms with Gasteiger partial charge in [-0.1, -0.05) is 36.4 Å². The van der Waals surface area contributed by atoms with Crippen LogP contribution in [0.15, 0.2) is 59.7 Å². The minimum atomic E-state index is -0.122. The van der Waals surface area contributed by atoms with Crippen molar-refractivity contribution in [2.45, 2.75) is 39.4 Å². The summed E-state index contributed by atoms with van der Waals surface area (Å²) in [5, 5.41) is 10.9. The van der Waals surface area contributed by atoms with Crippen molar-refractivity contribution in [3.05, 3.63) is 82.3 Å². The maximum atomic E-state index is 12.1. The topological polar surface area (TPSA) is 81.8 Å². The van der Waals surface area contributed by atoms with Crippen molar-refractivity contribution in [3.8, 4) is 0 Å². The van der Waals surface area contributed by atoms with E-state index in [1.54, 1.807) is 17.0 Å². The molecule has 0 fully saturated rings. The van der Waals surface area contributed by atoms with Crippen LogP contribution in [0.3, 0.4) is 0 Å². The molecule has 1 amide bonds. The number of carbonyl (C=O) groups is 1. The fourth-order valence-corrected chi connectivity index (χ4v) is 2.89. The smallest absolute Gasteiger partial charge is 0.250 e. The molecule has 7 nitrogen and oxygen atoms in total. The van der Waals surface area contributed by atoms with Crippen molar-refractivity contribution < 1.29 is 4.79 Å². The molecule has 2 heterocycles. The van der Waals surface area contributed by atoms with E-state index in [2.05, 4.69) is 27.6 Å². The first-order valence-corrected chi connectivity index (χ1v) is 8.97. The van der Waals surface area contributed by atoms with Gasteiger partial charge in [-0.25, -0.2) is 0 Å². The second-order valence-electron chi connectivity index (χ2n) is 6.36. The molecule has 140 valence electrons. The number of carbonyl (C=O) groups excluding carboxylic acids is 1. The zero-order valence-electron chi connectivity index (χ0n) is 15.3. The van der Waals surface area contributed by atoms with Crippen LogP contribution in [0.1, 0.15) is 23.5 Å². The van der Waals surface area contributed by atoms with E-state index in [0.29, 0.717) is 18.9 Å². The fourth-order valence-electron chi connectivity index (χ4n) is 2.89. The van der Waals surface area contributed by atoms with Gasteiger partial charge >= 0.3 is 0 Å². The van der Waals surface area contributed by atoms with Gasteiger partial charge in [-0.05, 0) is 25.0 Å². The summed E-state index contributed by atoms with van der Waals surface area (Å²) in [6.07, 6.45) is 2.79. The van der Waals surface area contributed by atoms with Crippen molar-refractivity contribution in [2.75, 3.05) is 0 Å². The number of benzene rings is 1. The molecule has 0 aliphatic heterocycles. The molecule has 3 aromatic rings. The van der Waals surface area contributed by atoms with Crippen LogP contribution in [0.2, 0.25) is 0 Å². The second kappa shape index (κ2) is 8.93. The van der Waals surface area contributed by atoms with Crippen LogP contribution in [0, 0.1) is 6.92 Å². The Bertz CT molecular complexity index is 946. The Morgan fingerprint density at radius 3 is 2.67 bits per heavy atom. The lowest BCUT2D eigenvalue weighted by atomic mass is 10.1. The minimum Gasteiger partial charge on any atom is -0.349 e. The summed E-state index contributed by atoms with van der Waals surface area (Å²) in [7, 11) is 0. The Balaban J connectivity index is 1.49. The molecule has 0 saturated heterocycles. The lowest BCUT2D eigenvalue weighted by molar-refractivity contribution is -0.121. The molecule has 2 aromatic heterocycles. The molecular formula is C20H23N5O2. The quantitative estimate of drug-likeness (QED) is 0.659. The maximum absolute atomic E-state index is 12.1. The third kappa shape index (κ3) is 5.13. The zero-order valence-corrected chi connectivity index (χ0v) is 15.3. The molecule has 7 heteroatoms. The van der Waals surface area contributed by atoms with Gasteiger partial charge in [0.1, 0.15) is 6.33 Å². The summed E-state index contributed by atoms with van der Waals surface area (Å²) >= 11 is 0. The molecule has 0 unspecified atom stereocenters. The van der Waals surface area contributed by atoms with Gasteiger partial charge in [0.2, 0.25) is 5.91 Å². The average Bonchev–Trinajstić information content (AvgIpc) is 3.12. The average molecular weight is 365 g/mol. The summed E-state index contributed by atoms with van der Waals surface area (Å²) in [4.78, 5) is 24.0. The highest BCUT2D eigenvalue weighted by Crippen LogP contribution is 2.04. The number of amides is 1. The predicted molar refractivity (Wildman–Crippen MR) is 102 cm³/mol. The third-order valence-corrected chi connectivity index (χ3v) is 4.45. The van der Waals surface area contributed by atoms with Gasteiger partial charge in [-0.2, -0.15) is 0 Å². The first-order valence-electron chi connectivity index (χ1n) is 8.97. The first kappa shape index (κ1) is 18.6. The number of rotatable bonds is 8. The number of nitrogens with zero attached hydrogens (tertiary/aromatic N) is 4. The number of aromatic nitrogens is 4. The van der Waals surface area contributed by atoms with E-state index in [9.17, 15) is 9.59 Å². The lowest BCUT2D eigenvalue weighted by Gasteiger charge is -2.10. The van der Waals surface area contributed by atoms with Crippen LogP contribution in [0.25, 0.3) is 0 Å². The van der Waals surface area contributed by atoms with Gasteiger partial charge in [0.05, 0.1) is 6.54 Å². The number of hydrogen-bond donors (Lipinski definition) is 1. The molecule has 0 aliphatic rings. The van der Waals surface area contributed by atoms with Crippen LogP contribution in [0.5, 0.6) is 0 Å². The maximum Gasteiger partial charge on any atom is 0.250 e. The minimum absolute atomic E-state index is 0.0940. The van der Waals surface area contributed by atoms with Gasteiger partial charge in [0, 0.05) is 31.3 Å². The zero-order chi connectivity index (χ0) is 19.1. The van der Waals surface area contributed by atoms with Crippen LogP contribution < -0.4 is 10.9 Å². The summed E-state index contributed by atoms with van der Waals surface area (Å²) in [6.45, 7) is 3.28. The molecule has 0 spiro atoms. The van der Waals surface area contributed by atoms with Crippen molar-refractivity contribution in [3.63, 3.8) is 0 Å². The van der Waals surface area contributed by atoms with Crippen molar-refractivity contribution in [2.24, 2.45) is 0 Å². The van der Waals surface area contributed by atoms with Gasteiger partial charge in [0.25, 0.3) is 5.56 Å². The molecule has 0 atom stereocenters. The lowest BCUT2D eigenvalue weighted by Crippen LogP contribution is -2.28. The highest BCUT2D eigenvalue weighted by atomic mass is 16.1. The highest BCUT2D eigenvalue weighted by Gasteiger charge is 2.08. The van der Waals surface area contributed by atoms with Gasteiger partial charge in [-0.15, -0.1) is 10.2 Å². The normalized spacial score (nSPS) is 10.7. The van der Waals surface area contributed by atoms with E-state index < -0.39 is 0 Å². The standard InChI is InChI=1S/C20H23N5O2/c1-16-6-5-9-20(27)25(16)13-11-19(26)21-14-18-23-22-15-24(18)12-10-17-7-3-2-4-8-17/h2-9,15H,10-14H2,1H3,(H,21,26). The molecule has 0 saturated carbocycles. The van der Waals surface area contributed by atoms with Crippen molar-refractivity contribution in [1.82, 2.24) is 24.6 Å². The summed E-state index contributed by atoms with van der Waals surface area (Å²) in [5.41, 5.74) is 1.99. The van der Waals surface area contributed by atoms with Crippen LogP contribution in [-0.2, 0) is 30.8 Å². The van der Waals surface area contributed by atoms with Gasteiger partial charge in [0.15, 0.2) is 5.82 Å². The Labute approximate surface area is 157 Å². The summed E-state index contributed by atoms with van der Waals surface area (Å²) in [5.74, 6) is 0.593. The van der Waals surface area contributed by atoms with Crippen LogP contribution in [0.4, 0.5) is 0 Å². The Morgan fingerprint density at radius 1 is 1.07 bits per heavy atom. The Morgan fingerprint density at radius 2 is 1.89 bits per heavy atom. The monoisotopic (exact) mass is 365 g/mol. The predicted octanol–water partition coefficient (Wildman–Crippen LogP) is 1.70. The van der Waals surface area contributed by atoms with E-state index in [-0.39, 0.29) is 17.9 Å². The van der Waals surface area contributed by atoms with Crippen LogP contribution in [-0.4, -0.2) is 25.2 Å². The second-order valence-corrected chi connectivity index (χ2v) is 6.36. The van der Waals surface area contributed by atoms with Crippen molar-refractivity contribution in [1.29, 1.82) is 0 Å². The van der Waals surface area contributed by atoms with E-state index in [1.807, 2.05) is 35.8 Å².